The number of rotatable bonds is 4. The normalized spacial score (nSPS) is 30.2. The average molecular weight is 704 g/mol. The quantitative estimate of drug-likeness (QED) is 0.211. The maximum atomic E-state index is 14.5. The van der Waals surface area contributed by atoms with E-state index in [0.29, 0.717) is 22.5 Å². The van der Waals surface area contributed by atoms with Crippen LogP contribution in [0.4, 0.5) is 15.8 Å². The SMILES string of the molecule is O=C(O)c1cccc(N2C(=O)C3CC=C4C(CC5(Cl)C(=O)N(c6ccc(F)cc6)C(=O)C5(Cl)C4C4=COc5ccc(O)cc5C4)C3C2=O)c1. The first-order valence-electron chi connectivity index (χ1n) is 15.5. The Balaban J connectivity index is 1.27. The number of halogens is 3. The van der Waals surface area contributed by atoms with Crippen LogP contribution in [-0.4, -0.2) is 49.6 Å². The van der Waals surface area contributed by atoms with Crippen LogP contribution in [0.1, 0.15) is 28.8 Å². The van der Waals surface area contributed by atoms with Gasteiger partial charge in [-0.05, 0) is 85.0 Å². The standard InChI is InChI=1S/C36H25Cl2FN2O8/c37-35-15-26-24(9-10-25-28(26)31(44)40(30(25)43)22-3-1-2-17(13-22)32(45)46)29(19-12-18-14-23(42)8-11-27(18)49-16-19)36(35,38)34(48)41(33(35)47)21-6-4-20(39)5-7-21/h1-9,11,13-14,16,25-26,28-29,42H,10,12,15H2,(H,45,46). The van der Waals surface area contributed by atoms with Crippen molar-refractivity contribution in [2.75, 3.05) is 9.80 Å². The van der Waals surface area contributed by atoms with Crippen molar-refractivity contribution >= 4 is 64.2 Å². The van der Waals surface area contributed by atoms with Crippen molar-refractivity contribution in [1.82, 2.24) is 0 Å². The molecule has 6 unspecified atom stereocenters. The Morgan fingerprint density at radius 1 is 0.898 bits per heavy atom. The Bertz CT molecular complexity index is 2100. The third-order valence-corrected chi connectivity index (χ3v) is 11.8. The fraction of sp³-hybridized carbons (Fsp3) is 0.250. The van der Waals surface area contributed by atoms with Gasteiger partial charge in [-0.1, -0.05) is 17.7 Å². The summed E-state index contributed by atoms with van der Waals surface area (Å²) in [7, 11) is 0. The number of ether oxygens (including phenoxy) is 1. The maximum absolute atomic E-state index is 14.5. The summed E-state index contributed by atoms with van der Waals surface area (Å²) in [6.07, 6.45) is 3.18. The summed E-state index contributed by atoms with van der Waals surface area (Å²) in [5.74, 6) is -7.99. The number of imide groups is 2. The Kier molecular flexibility index (Phi) is 6.86. The van der Waals surface area contributed by atoms with Crippen LogP contribution in [0.15, 0.2) is 90.2 Å². The lowest BCUT2D eigenvalue weighted by molar-refractivity contribution is -0.125. The van der Waals surface area contributed by atoms with E-state index in [1.807, 2.05) is 0 Å². The van der Waals surface area contributed by atoms with Gasteiger partial charge in [0, 0.05) is 17.9 Å². The highest BCUT2D eigenvalue weighted by molar-refractivity contribution is 6.58. The van der Waals surface area contributed by atoms with Gasteiger partial charge in [-0.25, -0.2) is 14.1 Å². The molecule has 0 spiro atoms. The van der Waals surface area contributed by atoms with Crippen LogP contribution < -0.4 is 14.5 Å². The number of fused-ring (bicyclic) bond motifs is 5. The highest BCUT2D eigenvalue weighted by atomic mass is 35.5. The minimum absolute atomic E-state index is 0.0196. The van der Waals surface area contributed by atoms with Crippen molar-refractivity contribution in [2.24, 2.45) is 23.7 Å². The number of carboxylic acid groups (broad SMARTS) is 1. The third kappa shape index (κ3) is 4.28. The second-order valence-electron chi connectivity index (χ2n) is 12.9. The van der Waals surface area contributed by atoms with Crippen LogP contribution in [0, 0.1) is 29.5 Å². The molecule has 3 aromatic rings. The number of carbonyl (C=O) groups is 5. The van der Waals surface area contributed by atoms with Crippen molar-refractivity contribution in [1.29, 1.82) is 0 Å². The number of amides is 4. The Labute approximate surface area is 288 Å². The molecule has 6 atom stereocenters. The van der Waals surface area contributed by atoms with Crippen LogP contribution in [0.5, 0.6) is 11.5 Å². The summed E-state index contributed by atoms with van der Waals surface area (Å²) in [5, 5.41) is 19.8. The highest BCUT2D eigenvalue weighted by Crippen LogP contribution is 2.65. The van der Waals surface area contributed by atoms with Gasteiger partial charge in [0.2, 0.25) is 11.8 Å². The number of anilines is 2. The van der Waals surface area contributed by atoms with Crippen LogP contribution in [-0.2, 0) is 25.6 Å². The molecule has 2 N–H and O–H groups in total. The number of benzene rings is 3. The minimum Gasteiger partial charge on any atom is -0.508 e. The molecule has 0 radical (unpaired) electrons. The molecule has 0 aromatic heterocycles. The Morgan fingerprint density at radius 2 is 1.65 bits per heavy atom. The van der Waals surface area contributed by atoms with Crippen LogP contribution in [0.2, 0.25) is 0 Å². The van der Waals surface area contributed by atoms with Crippen molar-refractivity contribution in [3.05, 3.63) is 107 Å². The van der Waals surface area contributed by atoms with E-state index in [1.54, 1.807) is 12.1 Å². The largest absolute Gasteiger partial charge is 0.508 e. The topological polar surface area (TPSA) is 142 Å². The molecule has 4 amide bonds. The lowest BCUT2D eigenvalue weighted by atomic mass is 9.56. The monoisotopic (exact) mass is 702 g/mol. The summed E-state index contributed by atoms with van der Waals surface area (Å²) in [5.41, 5.74) is 1.62. The molecule has 248 valence electrons. The molecule has 5 aliphatic rings. The number of aromatic carboxylic acids is 1. The molecule has 2 saturated heterocycles. The zero-order valence-corrected chi connectivity index (χ0v) is 26.8. The number of nitrogens with zero attached hydrogens (tertiary/aromatic N) is 2. The molecular formula is C36H25Cl2FN2O8. The summed E-state index contributed by atoms with van der Waals surface area (Å²) < 4.78 is 19.8. The van der Waals surface area contributed by atoms with Crippen LogP contribution in [0.25, 0.3) is 0 Å². The van der Waals surface area contributed by atoms with Gasteiger partial charge in [-0.3, -0.25) is 24.1 Å². The first-order chi connectivity index (χ1) is 23.3. The van der Waals surface area contributed by atoms with Gasteiger partial charge in [0.15, 0.2) is 9.75 Å². The van der Waals surface area contributed by atoms with E-state index >= 15 is 0 Å². The van der Waals surface area contributed by atoms with Gasteiger partial charge >= 0.3 is 5.97 Å². The van der Waals surface area contributed by atoms with E-state index < -0.39 is 68.8 Å². The predicted octanol–water partition coefficient (Wildman–Crippen LogP) is 5.35. The summed E-state index contributed by atoms with van der Waals surface area (Å²) in [6, 6.07) is 14.8. The average Bonchev–Trinajstić information content (AvgIpc) is 3.42. The number of alkyl halides is 2. The third-order valence-electron chi connectivity index (χ3n) is 10.4. The molecule has 0 bridgehead atoms. The molecule has 2 aliphatic carbocycles. The number of carboxylic acids is 1. The molecule has 8 rings (SSSR count). The molecule has 3 aliphatic heterocycles. The van der Waals surface area contributed by atoms with Crippen LogP contribution >= 0.6 is 23.2 Å². The molecule has 3 aromatic carbocycles. The number of aromatic hydroxyl groups is 1. The van der Waals surface area contributed by atoms with E-state index in [1.165, 1.54) is 54.8 Å². The van der Waals surface area contributed by atoms with E-state index in [9.17, 15) is 38.6 Å². The molecule has 13 heteroatoms. The number of hydrogen-bond donors (Lipinski definition) is 2. The number of carbonyl (C=O) groups excluding carboxylic acids is 4. The molecule has 1 saturated carbocycles. The summed E-state index contributed by atoms with van der Waals surface area (Å²) in [4.78, 5) is 66.4. The summed E-state index contributed by atoms with van der Waals surface area (Å²) >= 11 is 14.8. The summed E-state index contributed by atoms with van der Waals surface area (Å²) in [6.45, 7) is 0. The minimum atomic E-state index is -2.14. The van der Waals surface area contributed by atoms with E-state index in [0.717, 1.165) is 21.9 Å². The van der Waals surface area contributed by atoms with Gasteiger partial charge < -0.3 is 14.9 Å². The zero-order valence-electron chi connectivity index (χ0n) is 25.3. The van der Waals surface area contributed by atoms with E-state index in [4.69, 9.17) is 27.9 Å². The van der Waals surface area contributed by atoms with E-state index in [2.05, 4.69) is 0 Å². The fourth-order valence-electron chi connectivity index (χ4n) is 8.24. The lowest BCUT2D eigenvalue weighted by Crippen LogP contribution is -2.61. The van der Waals surface area contributed by atoms with Gasteiger partial charge in [-0.15, -0.1) is 23.2 Å². The number of phenols is 1. The smallest absolute Gasteiger partial charge is 0.335 e. The predicted molar refractivity (Wildman–Crippen MR) is 174 cm³/mol. The lowest BCUT2D eigenvalue weighted by Gasteiger charge is -2.51. The Hall–Kier alpha value is -5.00. The molecular weight excluding hydrogens is 678 g/mol. The second kappa shape index (κ2) is 10.8. The van der Waals surface area contributed by atoms with Crippen molar-refractivity contribution in [3.63, 3.8) is 0 Å². The fourth-order valence-corrected chi connectivity index (χ4v) is 9.19. The van der Waals surface area contributed by atoms with Crippen molar-refractivity contribution in [2.45, 2.75) is 29.0 Å². The molecule has 49 heavy (non-hydrogen) atoms. The molecule has 3 heterocycles. The highest BCUT2D eigenvalue weighted by Gasteiger charge is 2.77. The van der Waals surface area contributed by atoms with Gasteiger partial charge in [0.25, 0.3) is 11.8 Å². The van der Waals surface area contributed by atoms with Gasteiger partial charge in [0.05, 0.1) is 35.0 Å². The number of phenolic OH excluding ortho intramolecular Hbond substituents is 1. The first kappa shape index (κ1) is 31.3. The number of allylic oxidation sites excluding steroid dienone is 3. The first-order valence-corrected chi connectivity index (χ1v) is 16.2. The van der Waals surface area contributed by atoms with Gasteiger partial charge in [0.1, 0.15) is 17.3 Å². The van der Waals surface area contributed by atoms with Crippen molar-refractivity contribution in [3.8, 4) is 11.5 Å². The van der Waals surface area contributed by atoms with E-state index in [-0.39, 0.29) is 42.0 Å². The van der Waals surface area contributed by atoms with Gasteiger partial charge in [-0.2, -0.15) is 0 Å². The second-order valence-corrected chi connectivity index (χ2v) is 14.1. The maximum Gasteiger partial charge on any atom is 0.335 e. The molecule has 10 nitrogen and oxygen atoms in total. The van der Waals surface area contributed by atoms with Crippen molar-refractivity contribution < 1.29 is 43.3 Å². The molecule has 3 fully saturated rings. The zero-order chi connectivity index (χ0) is 34.6. The Morgan fingerprint density at radius 3 is 2.39 bits per heavy atom. The van der Waals surface area contributed by atoms with Crippen LogP contribution in [0.3, 0.4) is 0 Å². The number of hydrogen-bond acceptors (Lipinski definition) is 7.